The molecule has 4 nitrogen and oxygen atoms in total. The van der Waals surface area contributed by atoms with Crippen molar-refractivity contribution in [1.29, 1.82) is 0 Å². The number of piperidine rings is 1. The molecule has 1 amide bonds. The molecule has 1 aliphatic carbocycles. The molecule has 21 heavy (non-hydrogen) atoms. The highest BCUT2D eigenvalue weighted by atomic mass is 16.2. The molecule has 1 saturated carbocycles. The number of amides is 1. The first-order valence-corrected chi connectivity index (χ1v) is 8.53. The summed E-state index contributed by atoms with van der Waals surface area (Å²) in [7, 11) is 1.87. The highest BCUT2D eigenvalue weighted by Gasteiger charge is 2.36. The van der Waals surface area contributed by atoms with Gasteiger partial charge in [-0.25, -0.2) is 0 Å². The highest BCUT2D eigenvalue weighted by molar-refractivity contribution is 5.82. The monoisotopic (exact) mass is 294 g/mol. The maximum absolute atomic E-state index is 12.4. The van der Waals surface area contributed by atoms with Gasteiger partial charge in [0.1, 0.15) is 5.78 Å². The summed E-state index contributed by atoms with van der Waals surface area (Å²) in [6, 6.07) is 0.535. The number of nitrogens with zero attached hydrogens (tertiary/aromatic N) is 2. The molecule has 0 N–H and O–H groups in total. The molecule has 2 fully saturated rings. The second kappa shape index (κ2) is 7.39. The van der Waals surface area contributed by atoms with Gasteiger partial charge in [-0.2, -0.15) is 0 Å². The van der Waals surface area contributed by atoms with Crippen molar-refractivity contribution >= 4 is 11.7 Å². The molecule has 2 rings (SSSR count). The average Bonchev–Trinajstić information content (AvgIpc) is 2.47. The van der Waals surface area contributed by atoms with Crippen LogP contribution in [0.15, 0.2) is 0 Å². The molecule has 0 radical (unpaired) electrons. The first-order valence-electron chi connectivity index (χ1n) is 8.53. The zero-order valence-electron chi connectivity index (χ0n) is 13.8. The predicted molar refractivity (Wildman–Crippen MR) is 84.1 cm³/mol. The van der Waals surface area contributed by atoms with Crippen LogP contribution in [0.2, 0.25) is 0 Å². The van der Waals surface area contributed by atoms with Crippen LogP contribution in [0.25, 0.3) is 0 Å². The fourth-order valence-electron chi connectivity index (χ4n) is 3.66. The number of rotatable bonds is 4. The summed E-state index contributed by atoms with van der Waals surface area (Å²) >= 11 is 0. The summed E-state index contributed by atoms with van der Waals surface area (Å²) in [6.07, 6.45) is 7.41. The Hall–Kier alpha value is -0.900. The summed E-state index contributed by atoms with van der Waals surface area (Å²) in [5.74, 6) is 0.791. The van der Waals surface area contributed by atoms with Crippen molar-refractivity contribution in [3.8, 4) is 0 Å². The van der Waals surface area contributed by atoms with Crippen LogP contribution in [-0.2, 0) is 9.59 Å². The second-order valence-corrected chi connectivity index (χ2v) is 6.95. The van der Waals surface area contributed by atoms with Crippen LogP contribution < -0.4 is 0 Å². The number of Topliss-reactive ketones (excluding diaryl/α,β-unsaturated/α-hetero) is 1. The third-order valence-electron chi connectivity index (χ3n) is 5.24. The lowest BCUT2D eigenvalue weighted by Gasteiger charge is -2.41. The van der Waals surface area contributed by atoms with Gasteiger partial charge in [-0.3, -0.25) is 14.5 Å². The lowest BCUT2D eigenvalue weighted by Crippen LogP contribution is -2.51. The van der Waals surface area contributed by atoms with Gasteiger partial charge in [-0.1, -0.05) is 12.8 Å². The number of ketones is 1. The van der Waals surface area contributed by atoms with E-state index in [9.17, 15) is 9.59 Å². The number of hydrogen-bond donors (Lipinski definition) is 0. The number of hydrogen-bond acceptors (Lipinski definition) is 3. The zero-order valence-corrected chi connectivity index (χ0v) is 13.8. The topological polar surface area (TPSA) is 40.6 Å². The smallest absolute Gasteiger partial charge is 0.236 e. The van der Waals surface area contributed by atoms with Gasteiger partial charge in [0.25, 0.3) is 0 Å². The van der Waals surface area contributed by atoms with Gasteiger partial charge in [0, 0.05) is 31.5 Å². The van der Waals surface area contributed by atoms with Crippen LogP contribution in [0.5, 0.6) is 0 Å². The van der Waals surface area contributed by atoms with Gasteiger partial charge in [0.2, 0.25) is 5.91 Å². The Morgan fingerprint density at radius 2 is 1.95 bits per heavy atom. The highest BCUT2D eigenvalue weighted by Crippen LogP contribution is 2.31. The van der Waals surface area contributed by atoms with Crippen LogP contribution in [0.4, 0.5) is 0 Å². The lowest BCUT2D eigenvalue weighted by molar-refractivity contribution is -0.136. The zero-order chi connectivity index (χ0) is 15.4. The summed E-state index contributed by atoms with van der Waals surface area (Å²) in [4.78, 5) is 28.7. The standard InChI is InChI=1S/C17H30N2O2/c1-13(2)18(3)17(21)12-19-11-7-6-9-15(19)14-8-4-5-10-16(14)20/h13-15H,4-12H2,1-3H3. The third-order valence-corrected chi connectivity index (χ3v) is 5.24. The Bertz CT molecular complexity index is 381. The minimum absolute atomic E-state index is 0.177. The van der Waals surface area contributed by atoms with E-state index in [1.54, 1.807) is 0 Å². The van der Waals surface area contributed by atoms with E-state index in [0.29, 0.717) is 18.4 Å². The molecule has 4 heteroatoms. The number of carbonyl (C=O) groups excluding carboxylic acids is 2. The fraction of sp³-hybridized carbons (Fsp3) is 0.882. The molecular formula is C17H30N2O2. The molecule has 2 atom stereocenters. The van der Waals surface area contributed by atoms with Crippen molar-refractivity contribution < 1.29 is 9.59 Å². The van der Waals surface area contributed by atoms with Gasteiger partial charge in [-0.05, 0) is 46.1 Å². The first-order chi connectivity index (χ1) is 10.0. The predicted octanol–water partition coefficient (Wildman–Crippen LogP) is 2.47. The fourth-order valence-corrected chi connectivity index (χ4v) is 3.66. The van der Waals surface area contributed by atoms with Crippen LogP contribution in [0.1, 0.15) is 58.8 Å². The van der Waals surface area contributed by atoms with E-state index in [0.717, 1.165) is 38.6 Å². The third kappa shape index (κ3) is 4.06. The second-order valence-electron chi connectivity index (χ2n) is 6.95. The molecule has 0 aromatic heterocycles. The van der Waals surface area contributed by atoms with Crippen molar-refractivity contribution in [3.63, 3.8) is 0 Å². The van der Waals surface area contributed by atoms with E-state index < -0.39 is 0 Å². The van der Waals surface area contributed by atoms with Gasteiger partial charge < -0.3 is 4.90 Å². The Morgan fingerprint density at radius 3 is 2.62 bits per heavy atom. The quantitative estimate of drug-likeness (QED) is 0.800. The summed E-state index contributed by atoms with van der Waals surface area (Å²) in [5, 5.41) is 0. The number of likely N-dealkylation sites (tertiary alicyclic amines) is 1. The summed E-state index contributed by atoms with van der Waals surface area (Å²) in [6.45, 7) is 5.52. The summed E-state index contributed by atoms with van der Waals surface area (Å²) < 4.78 is 0. The molecule has 0 aromatic carbocycles. The maximum Gasteiger partial charge on any atom is 0.236 e. The Balaban J connectivity index is 2.01. The SMILES string of the molecule is CC(C)N(C)C(=O)CN1CCCCC1C1CCCCC1=O. The molecule has 2 unspecified atom stereocenters. The van der Waals surface area contributed by atoms with E-state index in [1.807, 2.05) is 25.8 Å². The molecule has 2 aliphatic rings. The lowest BCUT2D eigenvalue weighted by atomic mass is 9.79. The van der Waals surface area contributed by atoms with E-state index in [2.05, 4.69) is 4.90 Å². The van der Waals surface area contributed by atoms with Crippen LogP contribution >= 0.6 is 0 Å². The number of carbonyl (C=O) groups is 2. The van der Waals surface area contributed by atoms with Crippen LogP contribution in [0.3, 0.4) is 0 Å². The largest absolute Gasteiger partial charge is 0.342 e. The normalized spacial score (nSPS) is 27.9. The van der Waals surface area contributed by atoms with Crippen molar-refractivity contribution in [3.05, 3.63) is 0 Å². The van der Waals surface area contributed by atoms with Crippen molar-refractivity contribution in [2.45, 2.75) is 70.9 Å². The van der Waals surface area contributed by atoms with Gasteiger partial charge in [0.05, 0.1) is 6.54 Å². The molecule has 1 saturated heterocycles. The molecular weight excluding hydrogens is 264 g/mol. The Morgan fingerprint density at radius 1 is 1.24 bits per heavy atom. The molecule has 0 bridgehead atoms. The average molecular weight is 294 g/mol. The Labute approximate surface area is 128 Å². The minimum atomic E-state index is 0.177. The molecule has 1 aliphatic heterocycles. The van der Waals surface area contributed by atoms with Crippen molar-refractivity contribution in [1.82, 2.24) is 9.80 Å². The molecule has 120 valence electrons. The van der Waals surface area contributed by atoms with Crippen LogP contribution in [-0.4, -0.2) is 53.7 Å². The van der Waals surface area contributed by atoms with Gasteiger partial charge in [-0.15, -0.1) is 0 Å². The number of likely N-dealkylation sites (N-methyl/N-ethyl adjacent to an activating group) is 1. The van der Waals surface area contributed by atoms with E-state index in [4.69, 9.17) is 0 Å². The van der Waals surface area contributed by atoms with Crippen LogP contribution in [0, 0.1) is 5.92 Å². The van der Waals surface area contributed by atoms with E-state index >= 15 is 0 Å². The summed E-state index contributed by atoms with van der Waals surface area (Å²) in [5.41, 5.74) is 0. The van der Waals surface area contributed by atoms with E-state index in [-0.39, 0.29) is 17.9 Å². The molecule has 0 aromatic rings. The maximum atomic E-state index is 12.4. The van der Waals surface area contributed by atoms with Crippen molar-refractivity contribution in [2.24, 2.45) is 5.92 Å². The van der Waals surface area contributed by atoms with Gasteiger partial charge in [0.15, 0.2) is 0 Å². The molecule has 0 spiro atoms. The Kier molecular flexibility index (Phi) is 5.80. The van der Waals surface area contributed by atoms with Gasteiger partial charge >= 0.3 is 0 Å². The first kappa shape index (κ1) is 16.5. The minimum Gasteiger partial charge on any atom is -0.342 e. The van der Waals surface area contributed by atoms with Crippen molar-refractivity contribution in [2.75, 3.05) is 20.1 Å². The molecule has 1 heterocycles. The van der Waals surface area contributed by atoms with E-state index in [1.165, 1.54) is 12.8 Å².